The van der Waals surface area contributed by atoms with Crippen LogP contribution in [0, 0.1) is 5.82 Å². The number of hydrogen-bond acceptors (Lipinski definition) is 4. The third-order valence-corrected chi connectivity index (χ3v) is 5.25. The van der Waals surface area contributed by atoms with Crippen molar-refractivity contribution in [2.45, 2.75) is 51.3 Å². The summed E-state index contributed by atoms with van der Waals surface area (Å²) in [5.41, 5.74) is 1.18. The lowest BCUT2D eigenvalue weighted by molar-refractivity contribution is 0.389. The highest BCUT2D eigenvalue weighted by Gasteiger charge is 2.10. The van der Waals surface area contributed by atoms with E-state index in [-0.39, 0.29) is 18.1 Å². The average Bonchev–Trinajstić information content (AvgIpc) is 2.62. The molecule has 0 aromatic heterocycles. The largest absolute Gasteiger partial charge is 0.357 e. The number of halogens is 1. The highest BCUT2D eigenvalue weighted by Crippen LogP contribution is 2.15. The van der Waals surface area contributed by atoms with Crippen LogP contribution in [-0.4, -0.2) is 59.3 Å². The van der Waals surface area contributed by atoms with Gasteiger partial charge in [0.15, 0.2) is 15.8 Å². The van der Waals surface area contributed by atoms with Crippen LogP contribution < -0.4 is 10.6 Å². The lowest BCUT2D eigenvalue weighted by atomic mass is 10.1. The van der Waals surface area contributed by atoms with Gasteiger partial charge in [0.05, 0.1) is 12.3 Å². The molecule has 0 aliphatic carbocycles. The van der Waals surface area contributed by atoms with Crippen LogP contribution in [0.15, 0.2) is 23.2 Å². The number of aliphatic imine (C=N–C) groups is 1. The summed E-state index contributed by atoms with van der Waals surface area (Å²) in [5, 5.41) is 6.48. The van der Waals surface area contributed by atoms with Crippen molar-refractivity contribution in [2.75, 3.05) is 40.0 Å². The Morgan fingerprint density at radius 3 is 2.41 bits per heavy atom. The monoisotopic (exact) mass is 428 g/mol. The first-order valence-corrected chi connectivity index (χ1v) is 12.4. The number of nitrogens with zero attached hydrogens (tertiary/aromatic N) is 2. The first kappa shape index (κ1) is 25.4. The van der Waals surface area contributed by atoms with Gasteiger partial charge in [-0.3, -0.25) is 0 Å². The smallest absolute Gasteiger partial charge is 0.191 e. The molecule has 0 saturated carbocycles. The van der Waals surface area contributed by atoms with Crippen LogP contribution in [0.2, 0.25) is 0 Å². The lowest BCUT2D eigenvalue weighted by Crippen LogP contribution is -2.37. The number of guanidine groups is 1. The topological polar surface area (TPSA) is 73.8 Å². The molecule has 0 amide bonds. The number of nitrogens with one attached hydrogen (secondary N) is 2. The summed E-state index contributed by atoms with van der Waals surface area (Å²) in [6.45, 7) is 4.88. The molecule has 0 atom stereocenters. The summed E-state index contributed by atoms with van der Waals surface area (Å²) >= 11 is 0. The normalized spacial score (nSPS) is 12.4. The van der Waals surface area contributed by atoms with Crippen LogP contribution in [0.4, 0.5) is 4.39 Å². The summed E-state index contributed by atoms with van der Waals surface area (Å²) in [5.74, 6) is 0.157. The van der Waals surface area contributed by atoms with Crippen LogP contribution in [0.3, 0.4) is 0 Å². The Bertz CT molecular complexity index is 736. The molecule has 2 N–H and O–H groups in total. The highest BCUT2D eigenvalue weighted by molar-refractivity contribution is 7.89. The Labute approximate surface area is 175 Å². The second kappa shape index (κ2) is 13.5. The van der Waals surface area contributed by atoms with Gasteiger partial charge in [0, 0.05) is 19.3 Å². The Hall–Kier alpha value is -1.67. The van der Waals surface area contributed by atoms with E-state index < -0.39 is 9.84 Å². The second-order valence-electron chi connectivity index (χ2n) is 7.68. The zero-order valence-corrected chi connectivity index (χ0v) is 19.1. The number of unbranched alkanes of at least 4 members (excludes halogenated alkanes) is 4. The van der Waals surface area contributed by atoms with E-state index in [9.17, 15) is 12.8 Å². The van der Waals surface area contributed by atoms with Crippen molar-refractivity contribution in [1.82, 2.24) is 15.5 Å². The van der Waals surface area contributed by atoms with Crippen molar-refractivity contribution in [3.8, 4) is 0 Å². The highest BCUT2D eigenvalue weighted by atomic mass is 32.2. The van der Waals surface area contributed by atoms with Gasteiger partial charge in [-0.15, -0.1) is 0 Å². The van der Waals surface area contributed by atoms with Crippen LogP contribution in [-0.2, 0) is 22.1 Å². The maximum absolute atomic E-state index is 13.6. The summed E-state index contributed by atoms with van der Waals surface area (Å²) in [6.07, 6.45) is 7.10. The molecule has 0 heterocycles. The number of benzene rings is 1. The van der Waals surface area contributed by atoms with E-state index in [1.807, 2.05) is 6.92 Å². The minimum Gasteiger partial charge on any atom is -0.357 e. The van der Waals surface area contributed by atoms with Crippen molar-refractivity contribution in [3.63, 3.8) is 0 Å². The van der Waals surface area contributed by atoms with Crippen molar-refractivity contribution in [3.05, 3.63) is 35.1 Å². The van der Waals surface area contributed by atoms with Gasteiger partial charge >= 0.3 is 0 Å². The van der Waals surface area contributed by atoms with Gasteiger partial charge in [-0.1, -0.05) is 25.3 Å². The molecular weight excluding hydrogens is 391 g/mol. The van der Waals surface area contributed by atoms with Gasteiger partial charge in [-0.2, -0.15) is 0 Å². The second-order valence-corrected chi connectivity index (χ2v) is 9.82. The van der Waals surface area contributed by atoms with Crippen LogP contribution in [0.25, 0.3) is 0 Å². The zero-order chi connectivity index (χ0) is 21.7. The Kier molecular flexibility index (Phi) is 11.8. The Morgan fingerprint density at radius 1 is 1.07 bits per heavy atom. The third-order valence-electron chi connectivity index (χ3n) is 4.41. The molecule has 0 fully saturated rings. The molecule has 1 aromatic carbocycles. The number of rotatable bonds is 13. The fourth-order valence-electron chi connectivity index (χ4n) is 2.96. The number of hydrogen-bond donors (Lipinski definition) is 2. The third kappa shape index (κ3) is 12.5. The number of sulfone groups is 1. The van der Waals surface area contributed by atoms with Crippen molar-refractivity contribution in [2.24, 2.45) is 4.99 Å². The molecule has 0 aliphatic rings. The fourth-order valence-corrected chi connectivity index (χ4v) is 3.81. The molecule has 0 radical (unpaired) electrons. The maximum Gasteiger partial charge on any atom is 0.191 e. The first-order valence-electron chi connectivity index (χ1n) is 10.3. The van der Waals surface area contributed by atoms with Gasteiger partial charge in [0.2, 0.25) is 0 Å². The quantitative estimate of drug-likeness (QED) is 0.287. The molecule has 0 aliphatic heterocycles. The standard InChI is InChI=1S/C21H37FN4O2S/c1-5-23-21(24-13-9-7-6-8-10-14-26(2)3)25-16-19-15-20(22)12-11-18(19)17-29(4,27)28/h11-12,15H,5-10,13-14,16-17H2,1-4H3,(H2,23,24,25). The minimum atomic E-state index is -3.20. The van der Waals surface area contributed by atoms with E-state index in [1.165, 1.54) is 50.1 Å². The zero-order valence-electron chi connectivity index (χ0n) is 18.3. The van der Waals surface area contributed by atoms with E-state index in [0.717, 1.165) is 26.1 Å². The lowest BCUT2D eigenvalue weighted by Gasteiger charge is -2.13. The van der Waals surface area contributed by atoms with Crippen LogP contribution in [0.5, 0.6) is 0 Å². The summed E-state index contributed by atoms with van der Waals surface area (Å²) < 4.78 is 36.9. The fraction of sp³-hybridized carbons (Fsp3) is 0.667. The van der Waals surface area contributed by atoms with E-state index in [1.54, 1.807) is 0 Å². The van der Waals surface area contributed by atoms with Gasteiger partial charge in [-0.05, 0) is 63.7 Å². The molecule has 0 spiro atoms. The molecular formula is C21H37FN4O2S. The van der Waals surface area contributed by atoms with Crippen LogP contribution >= 0.6 is 0 Å². The molecule has 0 bridgehead atoms. The van der Waals surface area contributed by atoms with Crippen LogP contribution in [0.1, 0.15) is 50.2 Å². The molecule has 0 saturated heterocycles. The van der Waals surface area contributed by atoms with E-state index in [0.29, 0.717) is 17.1 Å². The molecule has 8 heteroatoms. The van der Waals surface area contributed by atoms with Crippen molar-refractivity contribution >= 4 is 15.8 Å². The average molecular weight is 429 g/mol. The predicted octanol–water partition coefficient (Wildman–Crippen LogP) is 2.94. The summed E-state index contributed by atoms with van der Waals surface area (Å²) in [7, 11) is 0.995. The van der Waals surface area contributed by atoms with Gasteiger partial charge in [-0.25, -0.2) is 17.8 Å². The van der Waals surface area contributed by atoms with E-state index in [2.05, 4.69) is 34.6 Å². The van der Waals surface area contributed by atoms with Gasteiger partial charge in [0.1, 0.15) is 5.82 Å². The molecule has 1 aromatic rings. The SMILES string of the molecule is CCNC(=NCc1cc(F)ccc1CS(C)(=O)=O)NCCCCCCCN(C)C. The Balaban J connectivity index is 2.54. The Morgan fingerprint density at radius 2 is 1.76 bits per heavy atom. The van der Waals surface area contributed by atoms with E-state index >= 15 is 0 Å². The van der Waals surface area contributed by atoms with Gasteiger partial charge in [0.25, 0.3) is 0 Å². The maximum atomic E-state index is 13.6. The summed E-state index contributed by atoms with van der Waals surface area (Å²) in [4.78, 5) is 6.72. The molecule has 0 unspecified atom stereocenters. The van der Waals surface area contributed by atoms with Gasteiger partial charge < -0.3 is 15.5 Å². The van der Waals surface area contributed by atoms with E-state index in [4.69, 9.17) is 0 Å². The molecule has 29 heavy (non-hydrogen) atoms. The molecule has 166 valence electrons. The summed E-state index contributed by atoms with van der Waals surface area (Å²) in [6, 6.07) is 4.18. The van der Waals surface area contributed by atoms with Crippen molar-refractivity contribution < 1.29 is 12.8 Å². The molecule has 6 nitrogen and oxygen atoms in total. The molecule has 1 rings (SSSR count). The predicted molar refractivity (Wildman–Crippen MR) is 119 cm³/mol. The first-order chi connectivity index (χ1) is 13.7. The van der Waals surface area contributed by atoms with Crippen molar-refractivity contribution in [1.29, 1.82) is 0 Å². The minimum absolute atomic E-state index is 0.115.